The van der Waals surface area contributed by atoms with E-state index < -0.39 is 21.8 Å². The fraction of sp³-hybridized carbons (Fsp3) is 0.529. The quantitative estimate of drug-likeness (QED) is 0.750. The molecule has 0 aliphatic carbocycles. The van der Waals surface area contributed by atoms with Crippen molar-refractivity contribution in [2.75, 3.05) is 20.2 Å². The Morgan fingerprint density at radius 2 is 1.88 bits per heavy atom. The number of rotatable bonds is 6. The van der Waals surface area contributed by atoms with Gasteiger partial charge in [0.15, 0.2) is 0 Å². The minimum Gasteiger partial charge on any atom is -0.496 e. The molecule has 1 heterocycles. The lowest BCUT2D eigenvalue weighted by Crippen LogP contribution is -2.41. The molecule has 0 bridgehead atoms. The van der Waals surface area contributed by atoms with Crippen LogP contribution in [-0.2, 0) is 14.8 Å². The van der Waals surface area contributed by atoms with Gasteiger partial charge in [-0.15, -0.1) is 0 Å². The van der Waals surface area contributed by atoms with Crippen LogP contribution in [0, 0.1) is 5.92 Å². The topological polar surface area (TPSA) is 119 Å². The SMILES string of the molecule is COc1ccc(S(=O)(=O)N2CCC(C(N)=O)CC2)cc1C(=O)NC(C)C. The summed E-state index contributed by atoms with van der Waals surface area (Å²) in [7, 11) is -2.35. The monoisotopic (exact) mass is 383 g/mol. The van der Waals surface area contributed by atoms with Crippen LogP contribution in [0.25, 0.3) is 0 Å². The second-order valence-electron chi connectivity index (χ2n) is 6.57. The van der Waals surface area contributed by atoms with Crippen LogP contribution in [0.2, 0.25) is 0 Å². The van der Waals surface area contributed by atoms with Crippen LogP contribution in [0.15, 0.2) is 23.1 Å². The van der Waals surface area contributed by atoms with E-state index >= 15 is 0 Å². The summed E-state index contributed by atoms with van der Waals surface area (Å²) in [5, 5.41) is 2.73. The first-order valence-electron chi connectivity index (χ1n) is 8.45. The van der Waals surface area contributed by atoms with E-state index in [1.165, 1.54) is 29.6 Å². The van der Waals surface area contributed by atoms with Gasteiger partial charge in [-0.3, -0.25) is 9.59 Å². The fourth-order valence-electron chi connectivity index (χ4n) is 2.89. The van der Waals surface area contributed by atoms with Gasteiger partial charge in [-0.2, -0.15) is 4.31 Å². The first-order valence-corrected chi connectivity index (χ1v) is 9.89. The van der Waals surface area contributed by atoms with Crippen molar-refractivity contribution in [3.05, 3.63) is 23.8 Å². The number of nitrogens with two attached hydrogens (primary N) is 1. The number of nitrogens with one attached hydrogen (secondary N) is 1. The number of carbonyl (C=O) groups is 2. The third kappa shape index (κ3) is 4.34. The average Bonchev–Trinajstić information content (AvgIpc) is 2.60. The minimum atomic E-state index is -3.77. The first kappa shape index (κ1) is 20.2. The number of carbonyl (C=O) groups excluding carboxylic acids is 2. The molecule has 9 heteroatoms. The predicted octanol–water partition coefficient (Wildman–Crippen LogP) is 0.719. The Morgan fingerprint density at radius 3 is 2.38 bits per heavy atom. The summed E-state index contributed by atoms with van der Waals surface area (Å²) < 4.78 is 32.3. The highest BCUT2D eigenvalue weighted by Crippen LogP contribution is 2.27. The highest BCUT2D eigenvalue weighted by molar-refractivity contribution is 7.89. The Hall–Kier alpha value is -2.13. The van der Waals surface area contributed by atoms with Crippen molar-refractivity contribution in [2.45, 2.75) is 37.6 Å². The predicted molar refractivity (Wildman–Crippen MR) is 96.3 cm³/mol. The molecule has 1 aromatic carbocycles. The molecule has 3 N–H and O–H groups in total. The molecule has 1 fully saturated rings. The van der Waals surface area contributed by atoms with E-state index in [-0.39, 0.29) is 35.5 Å². The molecule has 0 atom stereocenters. The van der Waals surface area contributed by atoms with E-state index in [9.17, 15) is 18.0 Å². The largest absolute Gasteiger partial charge is 0.496 e. The maximum atomic E-state index is 12.9. The van der Waals surface area contributed by atoms with Gasteiger partial charge in [-0.25, -0.2) is 8.42 Å². The number of amides is 2. The van der Waals surface area contributed by atoms with Crippen molar-refractivity contribution in [1.29, 1.82) is 0 Å². The lowest BCUT2D eigenvalue weighted by atomic mass is 9.98. The molecular formula is C17H25N3O5S. The summed E-state index contributed by atoms with van der Waals surface area (Å²) in [5.74, 6) is -0.806. The zero-order valence-electron chi connectivity index (χ0n) is 15.2. The smallest absolute Gasteiger partial charge is 0.255 e. The van der Waals surface area contributed by atoms with Gasteiger partial charge in [0, 0.05) is 25.0 Å². The van der Waals surface area contributed by atoms with Crippen molar-refractivity contribution in [3.8, 4) is 5.75 Å². The van der Waals surface area contributed by atoms with Gasteiger partial charge < -0.3 is 15.8 Å². The molecule has 1 aromatic rings. The standard InChI is InChI=1S/C17H25N3O5S/c1-11(2)19-17(22)14-10-13(4-5-15(14)25-3)26(23,24)20-8-6-12(7-9-20)16(18)21/h4-5,10-12H,6-9H2,1-3H3,(H2,18,21)(H,19,22). The number of sulfonamides is 1. The maximum absolute atomic E-state index is 12.9. The third-order valence-electron chi connectivity index (χ3n) is 4.33. The van der Waals surface area contributed by atoms with E-state index in [1.807, 2.05) is 13.8 Å². The molecule has 1 saturated heterocycles. The molecule has 0 unspecified atom stereocenters. The summed E-state index contributed by atoms with van der Waals surface area (Å²) in [6.45, 7) is 4.06. The van der Waals surface area contributed by atoms with Crippen LogP contribution in [0.3, 0.4) is 0 Å². The molecular weight excluding hydrogens is 358 g/mol. The van der Waals surface area contributed by atoms with Crippen LogP contribution in [0.4, 0.5) is 0 Å². The van der Waals surface area contributed by atoms with Crippen LogP contribution >= 0.6 is 0 Å². The highest BCUT2D eigenvalue weighted by Gasteiger charge is 2.32. The summed E-state index contributed by atoms with van der Waals surface area (Å²) in [5.41, 5.74) is 5.45. The van der Waals surface area contributed by atoms with Gasteiger partial charge in [-0.1, -0.05) is 0 Å². The molecule has 8 nitrogen and oxygen atoms in total. The highest BCUT2D eigenvalue weighted by atomic mass is 32.2. The Morgan fingerprint density at radius 1 is 1.27 bits per heavy atom. The van der Waals surface area contributed by atoms with Crippen molar-refractivity contribution >= 4 is 21.8 Å². The number of primary amides is 1. The first-order chi connectivity index (χ1) is 12.2. The van der Waals surface area contributed by atoms with Crippen LogP contribution in [-0.4, -0.2) is 50.8 Å². The molecule has 1 aliphatic rings. The number of benzene rings is 1. The third-order valence-corrected chi connectivity index (χ3v) is 6.22. The van der Waals surface area contributed by atoms with E-state index in [1.54, 1.807) is 0 Å². The Bertz CT molecular complexity index is 784. The molecule has 2 rings (SSSR count). The second-order valence-corrected chi connectivity index (χ2v) is 8.51. The van der Waals surface area contributed by atoms with E-state index in [0.717, 1.165) is 0 Å². The Balaban J connectivity index is 2.29. The Kier molecular flexibility index (Phi) is 6.25. The molecule has 2 amide bonds. The van der Waals surface area contributed by atoms with Gasteiger partial charge in [0.05, 0.1) is 17.6 Å². The zero-order chi connectivity index (χ0) is 19.5. The number of hydrogen-bond acceptors (Lipinski definition) is 5. The van der Waals surface area contributed by atoms with E-state index in [0.29, 0.717) is 18.6 Å². The van der Waals surface area contributed by atoms with Gasteiger partial charge >= 0.3 is 0 Å². The molecule has 0 spiro atoms. The summed E-state index contributed by atoms with van der Waals surface area (Å²) in [6, 6.07) is 4.12. The van der Waals surface area contributed by atoms with Crippen LogP contribution in [0.1, 0.15) is 37.0 Å². The average molecular weight is 383 g/mol. The van der Waals surface area contributed by atoms with E-state index in [2.05, 4.69) is 5.32 Å². The number of piperidine rings is 1. The van der Waals surface area contributed by atoms with Gasteiger partial charge in [0.2, 0.25) is 15.9 Å². The van der Waals surface area contributed by atoms with Crippen molar-refractivity contribution in [2.24, 2.45) is 11.7 Å². The number of hydrogen-bond donors (Lipinski definition) is 2. The maximum Gasteiger partial charge on any atom is 0.255 e. The van der Waals surface area contributed by atoms with Crippen LogP contribution < -0.4 is 15.8 Å². The number of nitrogens with zero attached hydrogens (tertiary/aromatic N) is 1. The van der Waals surface area contributed by atoms with Gasteiger partial charge in [0.25, 0.3) is 5.91 Å². The molecule has 144 valence electrons. The normalized spacial score (nSPS) is 16.5. The van der Waals surface area contributed by atoms with Crippen molar-refractivity contribution in [1.82, 2.24) is 9.62 Å². The summed E-state index contributed by atoms with van der Waals surface area (Å²) in [4.78, 5) is 23.6. The molecule has 26 heavy (non-hydrogen) atoms. The van der Waals surface area contributed by atoms with Crippen LogP contribution in [0.5, 0.6) is 5.75 Å². The van der Waals surface area contributed by atoms with Crippen molar-refractivity contribution < 1.29 is 22.7 Å². The number of ether oxygens (including phenoxy) is 1. The van der Waals surface area contributed by atoms with Gasteiger partial charge in [-0.05, 0) is 44.9 Å². The Labute approximate surface area is 153 Å². The summed E-state index contributed by atoms with van der Waals surface area (Å²) >= 11 is 0. The molecule has 1 aliphatic heterocycles. The number of methoxy groups -OCH3 is 1. The van der Waals surface area contributed by atoms with Gasteiger partial charge in [0.1, 0.15) is 5.75 Å². The van der Waals surface area contributed by atoms with E-state index in [4.69, 9.17) is 10.5 Å². The zero-order valence-corrected chi connectivity index (χ0v) is 16.0. The molecule has 0 aromatic heterocycles. The lowest BCUT2D eigenvalue weighted by Gasteiger charge is -2.29. The summed E-state index contributed by atoms with van der Waals surface area (Å²) in [6.07, 6.45) is 0.789. The lowest BCUT2D eigenvalue weighted by molar-refractivity contribution is -0.122. The second kappa shape index (κ2) is 8.05. The molecule has 0 saturated carbocycles. The molecule has 0 radical (unpaired) electrons. The minimum absolute atomic E-state index is 0.0183. The fourth-order valence-corrected chi connectivity index (χ4v) is 4.39. The van der Waals surface area contributed by atoms with Crippen molar-refractivity contribution in [3.63, 3.8) is 0 Å².